The van der Waals surface area contributed by atoms with Gasteiger partial charge in [-0.25, -0.2) is 0 Å². The van der Waals surface area contributed by atoms with Crippen LogP contribution in [0.15, 0.2) is 0 Å². The molecule has 3 heteroatoms. The minimum absolute atomic E-state index is 0.0308. The Labute approximate surface area is 60.2 Å². The van der Waals surface area contributed by atoms with E-state index in [1.54, 1.807) is 0 Å². The molecule has 0 spiro atoms. The van der Waals surface area contributed by atoms with Crippen molar-refractivity contribution in [1.82, 2.24) is 0 Å². The van der Waals surface area contributed by atoms with Gasteiger partial charge in [-0.1, -0.05) is 13.8 Å². The molecule has 1 rings (SSSR count). The first kappa shape index (κ1) is 7.54. The van der Waals surface area contributed by atoms with Crippen LogP contribution in [0.2, 0.25) is 0 Å². The van der Waals surface area contributed by atoms with Gasteiger partial charge in [-0.3, -0.25) is 4.79 Å². The van der Waals surface area contributed by atoms with Crippen LogP contribution in [0.1, 0.15) is 20.3 Å². The summed E-state index contributed by atoms with van der Waals surface area (Å²) in [5, 5.41) is 8.56. The van der Waals surface area contributed by atoms with Crippen molar-refractivity contribution < 1.29 is 9.90 Å². The van der Waals surface area contributed by atoms with Gasteiger partial charge in [0.2, 0.25) is 0 Å². The number of nitrogens with two attached hydrogens (primary N) is 1. The van der Waals surface area contributed by atoms with Crippen LogP contribution >= 0.6 is 0 Å². The standard InChI is InChI=1S/C7H13NO2/c1-7(2)3-4(5(7)8)6(9)10/h4-5H,3,8H2,1-2H3,(H,9,10)/t4-,5+/m1/s1. The second-order valence-corrected chi connectivity index (χ2v) is 3.66. The van der Waals surface area contributed by atoms with Crippen LogP contribution in [-0.2, 0) is 4.79 Å². The zero-order valence-electron chi connectivity index (χ0n) is 6.29. The van der Waals surface area contributed by atoms with Gasteiger partial charge in [0, 0.05) is 6.04 Å². The largest absolute Gasteiger partial charge is 0.481 e. The second-order valence-electron chi connectivity index (χ2n) is 3.66. The van der Waals surface area contributed by atoms with E-state index in [1.165, 1.54) is 0 Å². The predicted octanol–water partition coefficient (Wildman–Crippen LogP) is 0.444. The molecule has 0 saturated heterocycles. The van der Waals surface area contributed by atoms with Crippen molar-refractivity contribution in [2.45, 2.75) is 26.3 Å². The quantitative estimate of drug-likeness (QED) is 0.560. The average molecular weight is 143 g/mol. The highest BCUT2D eigenvalue weighted by molar-refractivity contribution is 5.72. The Morgan fingerprint density at radius 1 is 1.70 bits per heavy atom. The molecule has 3 nitrogen and oxygen atoms in total. The molecule has 58 valence electrons. The summed E-state index contributed by atoms with van der Waals surface area (Å²) in [5.41, 5.74) is 5.65. The van der Waals surface area contributed by atoms with E-state index in [4.69, 9.17) is 10.8 Å². The molecule has 2 atom stereocenters. The number of carbonyl (C=O) groups is 1. The normalized spacial score (nSPS) is 36.7. The maximum Gasteiger partial charge on any atom is 0.308 e. The highest BCUT2D eigenvalue weighted by atomic mass is 16.4. The molecule has 1 aliphatic rings. The molecule has 0 amide bonds. The fourth-order valence-electron chi connectivity index (χ4n) is 1.45. The van der Waals surface area contributed by atoms with E-state index < -0.39 is 5.97 Å². The molecular weight excluding hydrogens is 130 g/mol. The smallest absolute Gasteiger partial charge is 0.308 e. The van der Waals surface area contributed by atoms with Crippen LogP contribution in [-0.4, -0.2) is 17.1 Å². The number of carboxylic acids is 1. The van der Waals surface area contributed by atoms with Crippen LogP contribution in [0.4, 0.5) is 0 Å². The van der Waals surface area contributed by atoms with Crippen LogP contribution in [0.3, 0.4) is 0 Å². The van der Waals surface area contributed by atoms with E-state index in [-0.39, 0.29) is 17.4 Å². The maximum atomic E-state index is 10.4. The summed E-state index contributed by atoms with van der Waals surface area (Å²) in [6.45, 7) is 3.99. The molecule has 0 aromatic rings. The van der Waals surface area contributed by atoms with Gasteiger partial charge in [0.05, 0.1) is 5.92 Å². The van der Waals surface area contributed by atoms with Gasteiger partial charge in [0.25, 0.3) is 0 Å². The number of hydrogen-bond acceptors (Lipinski definition) is 2. The molecule has 1 aliphatic carbocycles. The summed E-state index contributed by atoms with van der Waals surface area (Å²) in [7, 11) is 0. The topological polar surface area (TPSA) is 63.3 Å². The van der Waals surface area contributed by atoms with Crippen molar-refractivity contribution in [3.05, 3.63) is 0 Å². The average Bonchev–Trinajstić information content (AvgIpc) is 1.82. The first-order chi connectivity index (χ1) is 4.45. The summed E-state index contributed by atoms with van der Waals surface area (Å²) >= 11 is 0. The van der Waals surface area contributed by atoms with Gasteiger partial charge in [0.1, 0.15) is 0 Å². The molecule has 0 aliphatic heterocycles. The van der Waals surface area contributed by atoms with E-state index in [0.717, 1.165) is 0 Å². The lowest BCUT2D eigenvalue weighted by molar-refractivity contribution is -0.150. The molecular formula is C7H13NO2. The molecule has 3 N–H and O–H groups in total. The summed E-state index contributed by atoms with van der Waals surface area (Å²) in [4.78, 5) is 10.4. The Morgan fingerprint density at radius 3 is 2.30 bits per heavy atom. The SMILES string of the molecule is CC1(C)C[C@@H](C(=O)O)[C@@H]1N. The van der Waals surface area contributed by atoms with Crippen molar-refractivity contribution in [2.24, 2.45) is 17.1 Å². The minimum Gasteiger partial charge on any atom is -0.481 e. The molecule has 0 bridgehead atoms. The Balaban J connectivity index is 2.55. The lowest BCUT2D eigenvalue weighted by Gasteiger charge is -2.47. The summed E-state index contributed by atoms with van der Waals surface area (Å²) in [5.74, 6) is -1.07. The minimum atomic E-state index is -0.758. The van der Waals surface area contributed by atoms with Crippen molar-refractivity contribution in [2.75, 3.05) is 0 Å². The number of hydrogen-bond donors (Lipinski definition) is 2. The highest BCUT2D eigenvalue weighted by Gasteiger charge is 2.48. The molecule has 10 heavy (non-hydrogen) atoms. The first-order valence-electron chi connectivity index (χ1n) is 3.43. The summed E-state index contributed by atoms with van der Waals surface area (Å²) < 4.78 is 0. The molecule has 0 aromatic heterocycles. The van der Waals surface area contributed by atoms with E-state index >= 15 is 0 Å². The molecule has 0 heterocycles. The Hall–Kier alpha value is -0.570. The molecule has 1 fully saturated rings. The molecule has 0 aromatic carbocycles. The fourth-order valence-corrected chi connectivity index (χ4v) is 1.45. The van der Waals surface area contributed by atoms with Gasteiger partial charge < -0.3 is 10.8 Å². The Kier molecular flexibility index (Phi) is 1.47. The highest BCUT2D eigenvalue weighted by Crippen LogP contribution is 2.43. The fraction of sp³-hybridized carbons (Fsp3) is 0.857. The molecule has 0 unspecified atom stereocenters. The molecule has 1 saturated carbocycles. The zero-order valence-corrected chi connectivity index (χ0v) is 6.29. The van der Waals surface area contributed by atoms with Gasteiger partial charge in [-0.05, 0) is 11.8 Å². The van der Waals surface area contributed by atoms with Gasteiger partial charge >= 0.3 is 5.97 Å². The van der Waals surface area contributed by atoms with Crippen LogP contribution in [0.5, 0.6) is 0 Å². The van der Waals surface area contributed by atoms with Crippen molar-refractivity contribution in [3.63, 3.8) is 0 Å². The summed E-state index contributed by atoms with van der Waals surface area (Å²) in [6, 6.07) is -0.162. The van der Waals surface area contributed by atoms with Crippen LogP contribution in [0, 0.1) is 11.3 Å². The van der Waals surface area contributed by atoms with E-state index in [2.05, 4.69) is 0 Å². The Bertz CT molecular complexity index is 165. The third kappa shape index (κ3) is 0.904. The lowest BCUT2D eigenvalue weighted by Crippen LogP contribution is -2.57. The monoisotopic (exact) mass is 143 g/mol. The van der Waals surface area contributed by atoms with Crippen molar-refractivity contribution >= 4 is 5.97 Å². The Morgan fingerprint density at radius 2 is 2.20 bits per heavy atom. The van der Waals surface area contributed by atoms with Crippen LogP contribution in [0.25, 0.3) is 0 Å². The molecule has 0 radical (unpaired) electrons. The van der Waals surface area contributed by atoms with Gasteiger partial charge in [-0.15, -0.1) is 0 Å². The van der Waals surface area contributed by atoms with Gasteiger partial charge in [-0.2, -0.15) is 0 Å². The lowest BCUT2D eigenvalue weighted by atomic mass is 9.60. The number of carboxylic acid groups (broad SMARTS) is 1. The zero-order chi connectivity index (χ0) is 7.94. The van der Waals surface area contributed by atoms with E-state index in [1.807, 2.05) is 13.8 Å². The first-order valence-corrected chi connectivity index (χ1v) is 3.43. The predicted molar refractivity (Wildman–Crippen MR) is 37.5 cm³/mol. The van der Waals surface area contributed by atoms with Crippen molar-refractivity contribution in [1.29, 1.82) is 0 Å². The number of rotatable bonds is 1. The maximum absolute atomic E-state index is 10.4. The van der Waals surface area contributed by atoms with Gasteiger partial charge in [0.15, 0.2) is 0 Å². The third-order valence-electron chi connectivity index (χ3n) is 2.40. The third-order valence-corrected chi connectivity index (χ3v) is 2.40. The van der Waals surface area contributed by atoms with E-state index in [9.17, 15) is 4.79 Å². The summed E-state index contributed by atoms with van der Waals surface area (Å²) in [6.07, 6.45) is 0.712. The van der Waals surface area contributed by atoms with Crippen molar-refractivity contribution in [3.8, 4) is 0 Å². The second kappa shape index (κ2) is 1.95. The number of aliphatic carboxylic acids is 1. The van der Waals surface area contributed by atoms with E-state index in [0.29, 0.717) is 6.42 Å². The van der Waals surface area contributed by atoms with Crippen LogP contribution < -0.4 is 5.73 Å².